The van der Waals surface area contributed by atoms with Gasteiger partial charge in [0.2, 0.25) is 0 Å². The minimum Gasteiger partial charge on any atom is -0.496 e. The highest BCUT2D eigenvalue weighted by Crippen LogP contribution is 2.28. The number of rotatable bonds is 8. The van der Waals surface area contributed by atoms with Gasteiger partial charge in [0.05, 0.1) is 25.5 Å². The van der Waals surface area contributed by atoms with E-state index in [2.05, 4.69) is 27.2 Å². The molecule has 6 heteroatoms. The zero-order valence-corrected chi connectivity index (χ0v) is 16.7. The number of benzene rings is 2. The summed E-state index contributed by atoms with van der Waals surface area (Å²) in [5.74, 6) is 1.45. The van der Waals surface area contributed by atoms with Crippen LogP contribution in [0.3, 0.4) is 0 Å². The molecule has 1 aliphatic heterocycles. The first-order valence-electron chi connectivity index (χ1n) is 9.74. The van der Waals surface area contributed by atoms with E-state index in [1.807, 2.05) is 24.3 Å². The molecule has 0 atom stereocenters. The topological polar surface area (TPSA) is 54.0 Å². The van der Waals surface area contributed by atoms with Crippen LogP contribution in [0.25, 0.3) is 0 Å². The Labute approximate surface area is 167 Å². The van der Waals surface area contributed by atoms with E-state index in [0.717, 1.165) is 50.6 Å². The number of piperazine rings is 1. The number of carbonyl (C=O) groups is 1. The number of nitrogens with one attached hydrogen (secondary N) is 1. The molecule has 0 spiro atoms. The van der Waals surface area contributed by atoms with Gasteiger partial charge in [0.25, 0.3) is 5.91 Å². The highest BCUT2D eigenvalue weighted by Gasteiger charge is 2.19. The molecule has 3 rings (SSSR count). The number of hydrogen-bond acceptors (Lipinski definition) is 5. The zero-order valence-electron chi connectivity index (χ0n) is 16.7. The van der Waals surface area contributed by atoms with Crippen molar-refractivity contribution >= 4 is 11.6 Å². The third-order valence-corrected chi connectivity index (χ3v) is 5.09. The van der Waals surface area contributed by atoms with E-state index in [9.17, 15) is 4.79 Å². The second-order valence-corrected chi connectivity index (χ2v) is 6.81. The largest absolute Gasteiger partial charge is 0.496 e. The summed E-state index contributed by atoms with van der Waals surface area (Å²) >= 11 is 0. The second kappa shape index (κ2) is 9.99. The van der Waals surface area contributed by atoms with Crippen molar-refractivity contribution in [2.75, 3.05) is 58.4 Å². The van der Waals surface area contributed by atoms with Crippen molar-refractivity contribution in [1.29, 1.82) is 0 Å². The lowest BCUT2D eigenvalue weighted by atomic mass is 10.2. The molecule has 2 aromatic carbocycles. The molecule has 0 saturated carbocycles. The summed E-state index contributed by atoms with van der Waals surface area (Å²) in [6, 6.07) is 15.5. The summed E-state index contributed by atoms with van der Waals surface area (Å²) in [7, 11) is 3.30. The minimum atomic E-state index is -0.0848. The van der Waals surface area contributed by atoms with Crippen molar-refractivity contribution in [2.45, 2.75) is 6.42 Å². The molecule has 1 aliphatic rings. The first kappa shape index (κ1) is 20.0. The summed E-state index contributed by atoms with van der Waals surface area (Å²) in [4.78, 5) is 17.1. The molecule has 0 aromatic heterocycles. The molecule has 0 radical (unpaired) electrons. The molecule has 1 amide bonds. The molecule has 0 aliphatic carbocycles. The first-order valence-corrected chi connectivity index (χ1v) is 9.74. The Balaban J connectivity index is 1.39. The summed E-state index contributed by atoms with van der Waals surface area (Å²) in [6.45, 7) is 5.62. The maximum atomic E-state index is 12.3. The number of hydrogen-bond donors (Lipinski definition) is 1. The SMILES string of the molecule is COc1ccccc1C(=O)NCCCN1CCN(c2ccccc2OC)CC1. The Morgan fingerprint density at radius 2 is 1.57 bits per heavy atom. The molecular formula is C22H29N3O3. The van der Waals surface area contributed by atoms with Crippen LogP contribution in [0.15, 0.2) is 48.5 Å². The van der Waals surface area contributed by atoms with Gasteiger partial charge in [-0.15, -0.1) is 0 Å². The normalized spacial score (nSPS) is 14.6. The fraction of sp³-hybridized carbons (Fsp3) is 0.409. The lowest BCUT2D eigenvalue weighted by Gasteiger charge is -2.36. The van der Waals surface area contributed by atoms with Crippen molar-refractivity contribution in [3.05, 3.63) is 54.1 Å². The zero-order chi connectivity index (χ0) is 19.8. The number of para-hydroxylation sites is 3. The van der Waals surface area contributed by atoms with Crippen LogP contribution in [0.1, 0.15) is 16.8 Å². The summed E-state index contributed by atoms with van der Waals surface area (Å²) in [5, 5.41) is 2.99. The molecular weight excluding hydrogens is 354 g/mol. The van der Waals surface area contributed by atoms with Crippen molar-refractivity contribution < 1.29 is 14.3 Å². The monoisotopic (exact) mass is 383 g/mol. The fourth-order valence-corrected chi connectivity index (χ4v) is 3.54. The third-order valence-electron chi connectivity index (χ3n) is 5.09. The average molecular weight is 383 g/mol. The van der Waals surface area contributed by atoms with Gasteiger partial charge in [-0.25, -0.2) is 0 Å². The van der Waals surface area contributed by atoms with Gasteiger partial charge in [-0.3, -0.25) is 9.69 Å². The van der Waals surface area contributed by atoms with Gasteiger partial charge < -0.3 is 19.7 Å². The smallest absolute Gasteiger partial charge is 0.255 e. The molecule has 0 unspecified atom stereocenters. The summed E-state index contributed by atoms with van der Waals surface area (Å²) in [6.07, 6.45) is 0.926. The maximum Gasteiger partial charge on any atom is 0.255 e. The summed E-state index contributed by atoms with van der Waals surface area (Å²) in [5.41, 5.74) is 1.74. The van der Waals surface area contributed by atoms with E-state index in [0.29, 0.717) is 17.9 Å². The van der Waals surface area contributed by atoms with Crippen LogP contribution in [0.5, 0.6) is 11.5 Å². The first-order chi connectivity index (χ1) is 13.7. The van der Waals surface area contributed by atoms with Gasteiger partial charge in [0, 0.05) is 32.7 Å². The minimum absolute atomic E-state index is 0.0848. The Morgan fingerprint density at radius 1 is 0.929 bits per heavy atom. The predicted octanol–water partition coefficient (Wildman–Crippen LogP) is 2.65. The van der Waals surface area contributed by atoms with Crippen LogP contribution in [0, 0.1) is 0 Å². The van der Waals surface area contributed by atoms with E-state index in [4.69, 9.17) is 9.47 Å². The molecule has 6 nitrogen and oxygen atoms in total. The van der Waals surface area contributed by atoms with Crippen molar-refractivity contribution in [3.63, 3.8) is 0 Å². The molecule has 1 heterocycles. The second-order valence-electron chi connectivity index (χ2n) is 6.81. The molecule has 1 saturated heterocycles. The van der Waals surface area contributed by atoms with E-state index in [1.165, 1.54) is 0 Å². The lowest BCUT2D eigenvalue weighted by molar-refractivity contribution is 0.0948. The molecule has 150 valence electrons. The van der Waals surface area contributed by atoms with E-state index in [-0.39, 0.29) is 5.91 Å². The van der Waals surface area contributed by atoms with E-state index < -0.39 is 0 Å². The van der Waals surface area contributed by atoms with Gasteiger partial charge in [0.15, 0.2) is 0 Å². The summed E-state index contributed by atoms with van der Waals surface area (Å²) < 4.78 is 10.7. The number of ether oxygens (including phenoxy) is 2. The van der Waals surface area contributed by atoms with Crippen LogP contribution in [0.2, 0.25) is 0 Å². The molecule has 2 aromatic rings. The van der Waals surface area contributed by atoms with Gasteiger partial charge >= 0.3 is 0 Å². The Hall–Kier alpha value is -2.73. The fourth-order valence-electron chi connectivity index (χ4n) is 3.54. The van der Waals surface area contributed by atoms with Crippen LogP contribution >= 0.6 is 0 Å². The van der Waals surface area contributed by atoms with Gasteiger partial charge in [-0.05, 0) is 37.2 Å². The Morgan fingerprint density at radius 3 is 2.29 bits per heavy atom. The number of nitrogens with zero attached hydrogens (tertiary/aromatic N) is 2. The van der Waals surface area contributed by atoms with Crippen LogP contribution in [0.4, 0.5) is 5.69 Å². The average Bonchev–Trinajstić information content (AvgIpc) is 2.77. The number of methoxy groups -OCH3 is 2. The maximum absolute atomic E-state index is 12.3. The number of carbonyl (C=O) groups excluding carboxylic acids is 1. The van der Waals surface area contributed by atoms with Crippen LogP contribution < -0.4 is 19.7 Å². The Kier molecular flexibility index (Phi) is 7.14. The number of anilines is 1. The third kappa shape index (κ3) is 4.95. The molecule has 28 heavy (non-hydrogen) atoms. The van der Waals surface area contributed by atoms with Gasteiger partial charge in [-0.2, -0.15) is 0 Å². The van der Waals surface area contributed by atoms with Gasteiger partial charge in [0.1, 0.15) is 11.5 Å². The van der Waals surface area contributed by atoms with Crippen molar-refractivity contribution in [1.82, 2.24) is 10.2 Å². The van der Waals surface area contributed by atoms with E-state index >= 15 is 0 Å². The highest BCUT2D eigenvalue weighted by atomic mass is 16.5. The molecule has 1 fully saturated rings. The van der Waals surface area contributed by atoms with Gasteiger partial charge in [-0.1, -0.05) is 24.3 Å². The quantitative estimate of drug-likeness (QED) is 0.711. The lowest BCUT2D eigenvalue weighted by Crippen LogP contribution is -2.47. The molecule has 0 bridgehead atoms. The van der Waals surface area contributed by atoms with E-state index in [1.54, 1.807) is 26.4 Å². The van der Waals surface area contributed by atoms with Crippen LogP contribution in [-0.2, 0) is 0 Å². The highest BCUT2D eigenvalue weighted by molar-refractivity contribution is 5.96. The predicted molar refractivity (Wildman–Crippen MR) is 112 cm³/mol. The van der Waals surface area contributed by atoms with Crippen molar-refractivity contribution in [2.24, 2.45) is 0 Å². The Bertz CT molecular complexity index is 773. The van der Waals surface area contributed by atoms with Crippen LogP contribution in [-0.4, -0.2) is 64.3 Å². The number of amides is 1. The van der Waals surface area contributed by atoms with Crippen molar-refractivity contribution in [3.8, 4) is 11.5 Å². The standard InChI is InChI=1S/C22H29N3O3/c1-27-20-10-5-3-8-18(20)22(26)23-12-7-13-24-14-16-25(17-15-24)19-9-4-6-11-21(19)28-2/h3-6,8-11H,7,12-17H2,1-2H3,(H,23,26). The molecule has 1 N–H and O–H groups in total.